The maximum Gasteiger partial charge on any atom is 0.224 e. The van der Waals surface area contributed by atoms with Crippen LogP contribution in [0.2, 0.25) is 0 Å². The molecule has 0 bridgehead atoms. The van der Waals surface area contributed by atoms with E-state index in [1.165, 1.54) is 0 Å². The van der Waals surface area contributed by atoms with Gasteiger partial charge in [0.1, 0.15) is 0 Å². The predicted octanol–water partition coefficient (Wildman–Crippen LogP) is -0.386. The minimum Gasteiger partial charge on any atom is -0.369 e. The number of amides is 2. The molecule has 0 aliphatic heterocycles. The van der Waals surface area contributed by atoms with E-state index in [4.69, 9.17) is 5.73 Å². The number of hydrogen-bond donors (Lipinski definition) is 3. The van der Waals surface area contributed by atoms with Crippen molar-refractivity contribution in [2.75, 3.05) is 20.1 Å². The second-order valence-electron chi connectivity index (χ2n) is 4.23. The van der Waals surface area contributed by atoms with E-state index in [1.807, 2.05) is 7.05 Å². The third-order valence-electron chi connectivity index (χ3n) is 2.23. The van der Waals surface area contributed by atoms with Crippen LogP contribution in [0.4, 0.5) is 0 Å². The zero-order chi connectivity index (χ0) is 11.9. The molecule has 0 rings (SSSR count). The number of nitrogens with two attached hydrogens (primary N) is 1. The van der Waals surface area contributed by atoms with Crippen LogP contribution in [0.25, 0.3) is 0 Å². The van der Waals surface area contributed by atoms with Gasteiger partial charge in [0.25, 0.3) is 0 Å². The van der Waals surface area contributed by atoms with Crippen molar-refractivity contribution in [1.82, 2.24) is 10.6 Å². The Bertz CT molecular complexity index is 227. The Morgan fingerprint density at radius 1 is 1.33 bits per heavy atom. The minimum atomic E-state index is -0.682. The maximum atomic E-state index is 11.3. The van der Waals surface area contributed by atoms with Gasteiger partial charge in [-0.3, -0.25) is 9.59 Å². The summed E-state index contributed by atoms with van der Waals surface area (Å²) < 4.78 is 0. The largest absolute Gasteiger partial charge is 0.369 e. The van der Waals surface area contributed by atoms with Crippen LogP contribution in [0.3, 0.4) is 0 Å². The molecular formula is C10H21N3O2. The first-order valence-electron chi connectivity index (χ1n) is 5.11. The molecule has 15 heavy (non-hydrogen) atoms. The fourth-order valence-electron chi connectivity index (χ4n) is 0.921. The van der Waals surface area contributed by atoms with Gasteiger partial charge in [0.05, 0.1) is 5.41 Å². The molecule has 0 aromatic carbocycles. The van der Waals surface area contributed by atoms with E-state index in [0.29, 0.717) is 13.0 Å². The van der Waals surface area contributed by atoms with Crippen LogP contribution in [0, 0.1) is 5.41 Å². The molecule has 2 amide bonds. The highest BCUT2D eigenvalue weighted by Crippen LogP contribution is 2.11. The smallest absolute Gasteiger partial charge is 0.224 e. The monoisotopic (exact) mass is 215 g/mol. The standard InChI is InChI=1S/C10H21N3O2/c1-10(2,9(11)15)7-13-8(14)5-4-6-12-3/h12H,4-7H2,1-3H3,(H2,11,15)(H,13,14). The molecule has 88 valence electrons. The Morgan fingerprint density at radius 2 is 1.93 bits per heavy atom. The van der Waals surface area contributed by atoms with Crippen molar-refractivity contribution in [2.24, 2.45) is 11.1 Å². The number of carbonyl (C=O) groups is 2. The SMILES string of the molecule is CNCCCC(=O)NCC(C)(C)C(N)=O. The molecule has 0 radical (unpaired) electrons. The summed E-state index contributed by atoms with van der Waals surface area (Å²) in [6, 6.07) is 0. The van der Waals surface area contributed by atoms with Gasteiger partial charge in [-0.2, -0.15) is 0 Å². The van der Waals surface area contributed by atoms with E-state index >= 15 is 0 Å². The van der Waals surface area contributed by atoms with Crippen molar-refractivity contribution in [3.8, 4) is 0 Å². The van der Waals surface area contributed by atoms with Crippen LogP contribution in [0.15, 0.2) is 0 Å². The van der Waals surface area contributed by atoms with Crippen LogP contribution in [-0.4, -0.2) is 32.0 Å². The van der Waals surface area contributed by atoms with Gasteiger partial charge < -0.3 is 16.4 Å². The molecule has 0 saturated heterocycles. The van der Waals surface area contributed by atoms with Crippen LogP contribution in [0.5, 0.6) is 0 Å². The molecule has 0 spiro atoms. The summed E-state index contributed by atoms with van der Waals surface area (Å²) >= 11 is 0. The lowest BCUT2D eigenvalue weighted by atomic mass is 9.93. The fraction of sp³-hybridized carbons (Fsp3) is 0.800. The predicted molar refractivity (Wildman–Crippen MR) is 59.1 cm³/mol. The second-order valence-corrected chi connectivity index (χ2v) is 4.23. The number of rotatable bonds is 7. The van der Waals surface area contributed by atoms with Crippen LogP contribution in [-0.2, 0) is 9.59 Å². The minimum absolute atomic E-state index is 0.0421. The first-order chi connectivity index (χ1) is 6.90. The van der Waals surface area contributed by atoms with Crippen LogP contribution in [0.1, 0.15) is 26.7 Å². The van der Waals surface area contributed by atoms with Crippen LogP contribution >= 0.6 is 0 Å². The van der Waals surface area contributed by atoms with Crippen molar-refractivity contribution >= 4 is 11.8 Å². The maximum absolute atomic E-state index is 11.3. The summed E-state index contributed by atoms with van der Waals surface area (Å²) in [5, 5.41) is 5.66. The molecule has 0 aromatic heterocycles. The van der Waals surface area contributed by atoms with Crippen LogP contribution < -0.4 is 16.4 Å². The average molecular weight is 215 g/mol. The summed E-state index contributed by atoms with van der Waals surface area (Å²) in [7, 11) is 1.84. The highest BCUT2D eigenvalue weighted by atomic mass is 16.2. The first-order valence-corrected chi connectivity index (χ1v) is 5.11. The van der Waals surface area contributed by atoms with Gasteiger partial charge in [0, 0.05) is 13.0 Å². The molecular weight excluding hydrogens is 194 g/mol. The summed E-state index contributed by atoms with van der Waals surface area (Å²) in [5.74, 6) is -0.447. The van der Waals surface area contributed by atoms with Gasteiger partial charge in [0.15, 0.2) is 0 Å². The number of hydrogen-bond acceptors (Lipinski definition) is 3. The highest BCUT2D eigenvalue weighted by molar-refractivity contribution is 5.82. The second kappa shape index (κ2) is 6.40. The molecule has 5 heteroatoms. The lowest BCUT2D eigenvalue weighted by Crippen LogP contribution is -2.42. The molecule has 0 aliphatic carbocycles. The third kappa shape index (κ3) is 6.06. The summed E-state index contributed by atoms with van der Waals surface area (Å²) in [5.41, 5.74) is 4.50. The zero-order valence-electron chi connectivity index (χ0n) is 9.72. The van der Waals surface area contributed by atoms with Gasteiger partial charge in [-0.25, -0.2) is 0 Å². The van der Waals surface area contributed by atoms with Gasteiger partial charge in [0.2, 0.25) is 11.8 Å². The average Bonchev–Trinajstić information content (AvgIpc) is 2.15. The molecule has 5 nitrogen and oxygen atoms in total. The van der Waals surface area contributed by atoms with E-state index in [0.717, 1.165) is 13.0 Å². The Labute approximate surface area is 90.8 Å². The molecule has 0 saturated carbocycles. The van der Waals surface area contributed by atoms with Crippen molar-refractivity contribution in [1.29, 1.82) is 0 Å². The Kier molecular flexibility index (Phi) is 5.93. The summed E-state index contributed by atoms with van der Waals surface area (Å²) in [6.45, 7) is 4.53. The van der Waals surface area contributed by atoms with E-state index in [1.54, 1.807) is 13.8 Å². The summed E-state index contributed by atoms with van der Waals surface area (Å²) in [6.07, 6.45) is 1.26. The Balaban J connectivity index is 3.75. The van der Waals surface area contributed by atoms with Crippen molar-refractivity contribution < 1.29 is 9.59 Å². The van der Waals surface area contributed by atoms with E-state index in [2.05, 4.69) is 10.6 Å². The van der Waals surface area contributed by atoms with Gasteiger partial charge in [-0.05, 0) is 33.9 Å². The fourth-order valence-corrected chi connectivity index (χ4v) is 0.921. The van der Waals surface area contributed by atoms with Gasteiger partial charge >= 0.3 is 0 Å². The molecule has 0 aliphatic rings. The Morgan fingerprint density at radius 3 is 2.40 bits per heavy atom. The molecule has 0 heterocycles. The summed E-state index contributed by atoms with van der Waals surface area (Å²) in [4.78, 5) is 22.3. The van der Waals surface area contributed by atoms with Crippen molar-refractivity contribution in [2.45, 2.75) is 26.7 Å². The highest BCUT2D eigenvalue weighted by Gasteiger charge is 2.25. The topological polar surface area (TPSA) is 84.2 Å². The molecule has 0 fully saturated rings. The number of primary amides is 1. The number of nitrogens with one attached hydrogen (secondary N) is 2. The normalized spacial score (nSPS) is 11.1. The van der Waals surface area contributed by atoms with Crippen molar-refractivity contribution in [3.63, 3.8) is 0 Å². The molecule has 0 atom stereocenters. The lowest BCUT2D eigenvalue weighted by Gasteiger charge is -2.20. The Hall–Kier alpha value is -1.10. The van der Waals surface area contributed by atoms with E-state index < -0.39 is 11.3 Å². The van der Waals surface area contributed by atoms with Crippen molar-refractivity contribution in [3.05, 3.63) is 0 Å². The molecule has 4 N–H and O–H groups in total. The number of carbonyl (C=O) groups excluding carboxylic acids is 2. The lowest BCUT2D eigenvalue weighted by molar-refractivity contribution is -0.127. The van der Waals surface area contributed by atoms with Gasteiger partial charge in [-0.15, -0.1) is 0 Å². The zero-order valence-corrected chi connectivity index (χ0v) is 9.72. The van der Waals surface area contributed by atoms with Gasteiger partial charge in [-0.1, -0.05) is 0 Å². The van der Waals surface area contributed by atoms with E-state index in [9.17, 15) is 9.59 Å². The molecule has 0 unspecified atom stereocenters. The van der Waals surface area contributed by atoms with E-state index in [-0.39, 0.29) is 5.91 Å². The molecule has 0 aromatic rings. The third-order valence-corrected chi connectivity index (χ3v) is 2.23. The quantitative estimate of drug-likeness (QED) is 0.506. The first kappa shape index (κ1) is 13.9.